The third kappa shape index (κ3) is 3.86. The summed E-state index contributed by atoms with van der Waals surface area (Å²) in [5, 5.41) is 7.80. The summed E-state index contributed by atoms with van der Waals surface area (Å²) < 4.78 is 9.34. The van der Waals surface area contributed by atoms with Crippen LogP contribution in [0.2, 0.25) is 0 Å². The minimum Gasteiger partial charge on any atom is -0.455 e. The monoisotopic (exact) mass is 514 g/mol. The largest absolute Gasteiger partial charge is 0.455 e. The fraction of sp³-hybridized carbons (Fsp3) is 0.378. The van der Waals surface area contributed by atoms with Crippen molar-refractivity contribution in [2.75, 3.05) is 0 Å². The number of aromatic nitrogens is 1. The SMILES string of the molecule is Cc1c2c(c(CC(C)C)c3ccccc13)Oc1cc3cc(C4CCC(C)(C)CC4)ccc3c3cc[n+](C)c-2c13. The van der Waals surface area contributed by atoms with Gasteiger partial charge in [-0.3, -0.25) is 0 Å². The summed E-state index contributed by atoms with van der Waals surface area (Å²) in [6, 6.07) is 20.7. The number of pyridine rings is 1. The first-order valence-corrected chi connectivity index (χ1v) is 14.8. The molecule has 1 aromatic heterocycles. The maximum absolute atomic E-state index is 7.03. The van der Waals surface area contributed by atoms with E-state index in [9.17, 15) is 0 Å². The van der Waals surface area contributed by atoms with Crippen LogP contribution in [0.5, 0.6) is 11.5 Å². The molecule has 0 amide bonds. The third-order valence-corrected chi connectivity index (χ3v) is 9.63. The second-order valence-electron chi connectivity index (χ2n) is 13.4. The van der Waals surface area contributed by atoms with Gasteiger partial charge in [0.1, 0.15) is 18.5 Å². The molecule has 0 atom stereocenters. The molecule has 0 radical (unpaired) electrons. The van der Waals surface area contributed by atoms with Gasteiger partial charge in [-0.1, -0.05) is 70.2 Å². The van der Waals surface area contributed by atoms with Gasteiger partial charge in [-0.2, -0.15) is 0 Å². The molecule has 2 nitrogen and oxygen atoms in total. The minimum absolute atomic E-state index is 0.483. The van der Waals surface area contributed by atoms with Crippen LogP contribution in [0.25, 0.3) is 43.6 Å². The molecule has 7 rings (SSSR count). The number of nitrogens with zero attached hydrogens (tertiary/aromatic N) is 1. The fourth-order valence-electron chi connectivity index (χ4n) is 7.42. The molecule has 4 aromatic carbocycles. The van der Waals surface area contributed by atoms with Crippen molar-refractivity contribution < 1.29 is 9.30 Å². The summed E-state index contributed by atoms with van der Waals surface area (Å²) in [7, 11) is 2.18. The Morgan fingerprint density at radius 2 is 1.67 bits per heavy atom. The second kappa shape index (κ2) is 8.81. The van der Waals surface area contributed by atoms with Gasteiger partial charge in [-0.15, -0.1) is 0 Å². The summed E-state index contributed by atoms with van der Waals surface area (Å²) in [5.41, 5.74) is 7.14. The molecule has 0 unspecified atom stereocenters. The Bertz CT molecular complexity index is 1780. The van der Waals surface area contributed by atoms with E-state index in [0.29, 0.717) is 17.3 Å². The van der Waals surface area contributed by atoms with E-state index in [1.807, 2.05) is 0 Å². The van der Waals surface area contributed by atoms with Crippen LogP contribution in [-0.4, -0.2) is 0 Å². The highest BCUT2D eigenvalue weighted by Gasteiger charge is 2.34. The van der Waals surface area contributed by atoms with Crippen LogP contribution < -0.4 is 9.30 Å². The molecule has 5 aromatic rings. The smallest absolute Gasteiger partial charge is 0.228 e. The molecule has 198 valence electrons. The van der Waals surface area contributed by atoms with Gasteiger partial charge >= 0.3 is 0 Å². The van der Waals surface area contributed by atoms with Gasteiger partial charge in [0.15, 0.2) is 6.20 Å². The molecule has 0 N–H and O–H groups in total. The summed E-state index contributed by atoms with van der Waals surface area (Å²) in [6.45, 7) is 11.7. The molecular weight excluding hydrogens is 474 g/mol. The molecule has 1 aliphatic heterocycles. The van der Waals surface area contributed by atoms with Gasteiger partial charge < -0.3 is 4.74 Å². The van der Waals surface area contributed by atoms with Crippen LogP contribution in [0.3, 0.4) is 0 Å². The molecular formula is C37H40NO+. The summed E-state index contributed by atoms with van der Waals surface area (Å²) in [4.78, 5) is 0. The quantitative estimate of drug-likeness (QED) is 0.169. The zero-order valence-corrected chi connectivity index (χ0v) is 24.3. The molecule has 0 bridgehead atoms. The lowest BCUT2D eigenvalue weighted by Crippen LogP contribution is -2.32. The fourth-order valence-corrected chi connectivity index (χ4v) is 7.42. The van der Waals surface area contributed by atoms with Crippen LogP contribution in [0, 0.1) is 18.3 Å². The molecule has 2 heterocycles. The van der Waals surface area contributed by atoms with Crippen molar-refractivity contribution in [3.63, 3.8) is 0 Å². The lowest BCUT2D eigenvalue weighted by Gasteiger charge is -2.34. The highest BCUT2D eigenvalue weighted by atomic mass is 16.5. The first kappa shape index (κ1) is 24.6. The van der Waals surface area contributed by atoms with Gasteiger partial charge in [-0.05, 0) is 95.0 Å². The lowest BCUT2D eigenvalue weighted by molar-refractivity contribution is -0.659. The third-order valence-electron chi connectivity index (χ3n) is 9.63. The van der Waals surface area contributed by atoms with Crippen LogP contribution in [0.4, 0.5) is 0 Å². The maximum Gasteiger partial charge on any atom is 0.228 e. The van der Waals surface area contributed by atoms with E-state index >= 15 is 0 Å². The van der Waals surface area contributed by atoms with E-state index in [4.69, 9.17) is 4.74 Å². The Kier molecular flexibility index (Phi) is 5.57. The molecule has 0 saturated heterocycles. The van der Waals surface area contributed by atoms with Crippen LogP contribution >= 0.6 is 0 Å². The van der Waals surface area contributed by atoms with E-state index < -0.39 is 0 Å². The maximum atomic E-state index is 7.03. The van der Waals surface area contributed by atoms with Gasteiger partial charge in [-0.25, -0.2) is 4.57 Å². The highest BCUT2D eigenvalue weighted by Crippen LogP contribution is 2.52. The van der Waals surface area contributed by atoms with E-state index in [0.717, 1.165) is 17.9 Å². The van der Waals surface area contributed by atoms with E-state index in [1.54, 1.807) is 0 Å². The Morgan fingerprint density at radius 3 is 2.41 bits per heavy atom. The Hall–Kier alpha value is -3.39. The zero-order valence-electron chi connectivity index (χ0n) is 24.3. The number of ether oxygens (including phenoxy) is 1. The first-order chi connectivity index (χ1) is 18.7. The van der Waals surface area contributed by atoms with Gasteiger partial charge in [0.2, 0.25) is 5.69 Å². The van der Waals surface area contributed by atoms with Crippen molar-refractivity contribution in [3.05, 3.63) is 77.5 Å². The van der Waals surface area contributed by atoms with Crippen LogP contribution in [0.15, 0.2) is 60.8 Å². The molecule has 1 saturated carbocycles. The summed E-state index contributed by atoms with van der Waals surface area (Å²) in [6.07, 6.45) is 8.42. The van der Waals surface area contributed by atoms with E-state index in [2.05, 4.69) is 107 Å². The first-order valence-electron chi connectivity index (χ1n) is 14.8. The van der Waals surface area contributed by atoms with Gasteiger partial charge in [0.05, 0.1) is 10.9 Å². The molecule has 2 heteroatoms. The minimum atomic E-state index is 0.483. The van der Waals surface area contributed by atoms with Crippen molar-refractivity contribution in [2.45, 2.75) is 72.6 Å². The highest BCUT2D eigenvalue weighted by molar-refractivity contribution is 6.16. The summed E-state index contributed by atoms with van der Waals surface area (Å²) in [5.74, 6) is 3.25. The Labute approximate surface area is 232 Å². The number of fused-ring (bicyclic) bond motifs is 5. The lowest BCUT2D eigenvalue weighted by atomic mass is 9.71. The molecule has 1 aliphatic carbocycles. The van der Waals surface area contributed by atoms with Crippen molar-refractivity contribution >= 4 is 32.3 Å². The number of benzene rings is 4. The average Bonchev–Trinajstić information content (AvgIpc) is 2.91. The summed E-state index contributed by atoms with van der Waals surface area (Å²) >= 11 is 0. The van der Waals surface area contributed by atoms with Gasteiger partial charge in [0, 0.05) is 17.0 Å². The second-order valence-corrected chi connectivity index (χ2v) is 13.4. The zero-order chi connectivity index (χ0) is 27.1. The molecule has 0 spiro atoms. The number of aryl methyl sites for hydroxylation is 2. The molecule has 1 fully saturated rings. The average molecular weight is 515 g/mol. The van der Waals surface area contributed by atoms with Crippen molar-refractivity contribution in [1.29, 1.82) is 0 Å². The number of rotatable bonds is 3. The van der Waals surface area contributed by atoms with Crippen LogP contribution in [-0.2, 0) is 13.5 Å². The van der Waals surface area contributed by atoms with Crippen LogP contribution in [0.1, 0.15) is 76.0 Å². The van der Waals surface area contributed by atoms with Crippen molar-refractivity contribution in [2.24, 2.45) is 18.4 Å². The molecule has 2 aliphatic rings. The number of hydrogen-bond donors (Lipinski definition) is 0. The number of hydrogen-bond acceptors (Lipinski definition) is 1. The van der Waals surface area contributed by atoms with Crippen molar-refractivity contribution in [3.8, 4) is 22.8 Å². The van der Waals surface area contributed by atoms with E-state index in [-0.39, 0.29) is 0 Å². The Morgan fingerprint density at radius 1 is 0.923 bits per heavy atom. The predicted molar refractivity (Wildman–Crippen MR) is 164 cm³/mol. The van der Waals surface area contributed by atoms with Gasteiger partial charge in [0.25, 0.3) is 0 Å². The van der Waals surface area contributed by atoms with Crippen molar-refractivity contribution in [1.82, 2.24) is 0 Å². The predicted octanol–water partition coefficient (Wildman–Crippen LogP) is 9.93. The topological polar surface area (TPSA) is 13.1 Å². The Balaban J connectivity index is 1.48. The molecule has 39 heavy (non-hydrogen) atoms. The normalized spacial score (nSPS) is 16.7. The van der Waals surface area contributed by atoms with E-state index in [1.165, 1.54) is 85.9 Å². The standard InChI is InChI=1S/C37H40NO/c1-22(2)19-31-29-10-8-7-9-27(29)23(3)33-35-34-30(15-18-38(35)6)28-12-11-25(24-13-16-37(4,5)17-14-24)20-26(28)21-32(34)39-36(31)33/h7-12,15,18,20-22,24H,13-14,16-17,19H2,1-6H3/q+1.